The van der Waals surface area contributed by atoms with Crippen LogP contribution in [0.4, 0.5) is 0 Å². The summed E-state index contributed by atoms with van der Waals surface area (Å²) in [4.78, 5) is 21.1. The van der Waals surface area contributed by atoms with Crippen molar-refractivity contribution in [1.29, 1.82) is 5.26 Å². The number of carbonyl (C=O) groups excluding carboxylic acids is 2. The van der Waals surface area contributed by atoms with Gasteiger partial charge in [-0.1, -0.05) is 0 Å². The van der Waals surface area contributed by atoms with Crippen molar-refractivity contribution in [3.8, 4) is 6.07 Å². The highest BCUT2D eigenvalue weighted by molar-refractivity contribution is 6.17. The van der Waals surface area contributed by atoms with Crippen LogP contribution in [0.2, 0.25) is 0 Å². The lowest BCUT2D eigenvalue weighted by atomic mass is 10.1. The van der Waals surface area contributed by atoms with E-state index in [1.165, 1.54) is 0 Å². The van der Waals surface area contributed by atoms with Crippen LogP contribution in [0.5, 0.6) is 0 Å². The van der Waals surface area contributed by atoms with Gasteiger partial charge >= 0.3 is 0 Å². The van der Waals surface area contributed by atoms with Crippen molar-refractivity contribution in [2.75, 3.05) is 0 Å². The van der Waals surface area contributed by atoms with E-state index in [0.717, 1.165) is 12.2 Å². The molecule has 0 aliphatic heterocycles. The summed E-state index contributed by atoms with van der Waals surface area (Å²) in [6, 6.07) is 1.60. The molecule has 0 saturated carbocycles. The van der Waals surface area contributed by atoms with E-state index in [2.05, 4.69) is 6.08 Å². The smallest absolute Gasteiger partial charge is 0.197 e. The SMILES string of the molecule is N#CC1=CC(=O)[C]=CC1=O. The average molecular weight is 132 g/mol. The molecule has 0 amide bonds. The summed E-state index contributed by atoms with van der Waals surface area (Å²) in [5.41, 5.74) is -0.122. The van der Waals surface area contributed by atoms with Crippen molar-refractivity contribution in [3.63, 3.8) is 0 Å². The van der Waals surface area contributed by atoms with Crippen LogP contribution in [-0.4, -0.2) is 11.6 Å². The van der Waals surface area contributed by atoms with Gasteiger partial charge in [0.05, 0.1) is 0 Å². The molecule has 1 aliphatic rings. The van der Waals surface area contributed by atoms with Crippen LogP contribution in [0.1, 0.15) is 0 Å². The van der Waals surface area contributed by atoms with Crippen molar-refractivity contribution in [3.05, 3.63) is 23.8 Å². The molecule has 1 rings (SSSR count). The predicted molar refractivity (Wildman–Crippen MR) is 31.5 cm³/mol. The Labute approximate surface area is 57.3 Å². The van der Waals surface area contributed by atoms with Gasteiger partial charge in [0.2, 0.25) is 0 Å². The first kappa shape index (κ1) is 6.43. The Hall–Kier alpha value is -1.69. The fourth-order valence-electron chi connectivity index (χ4n) is 0.546. The summed E-state index contributed by atoms with van der Waals surface area (Å²) in [5, 5.41) is 8.24. The van der Waals surface area contributed by atoms with Crippen molar-refractivity contribution < 1.29 is 9.59 Å². The third-order valence-corrected chi connectivity index (χ3v) is 1.01. The molecule has 0 heterocycles. The minimum atomic E-state index is -0.456. The van der Waals surface area contributed by atoms with Gasteiger partial charge in [0, 0.05) is 12.2 Å². The summed E-state index contributed by atoms with van der Waals surface area (Å²) >= 11 is 0. The van der Waals surface area contributed by atoms with E-state index in [1.54, 1.807) is 6.07 Å². The molecule has 3 heteroatoms. The number of rotatable bonds is 0. The Morgan fingerprint density at radius 3 is 2.70 bits per heavy atom. The molecule has 0 saturated heterocycles. The van der Waals surface area contributed by atoms with E-state index < -0.39 is 11.6 Å². The minimum Gasteiger partial charge on any atom is -0.289 e. The van der Waals surface area contributed by atoms with Crippen LogP contribution in [0.15, 0.2) is 17.7 Å². The Bertz CT molecular complexity index is 291. The molecule has 0 aromatic rings. The van der Waals surface area contributed by atoms with Gasteiger partial charge in [0.1, 0.15) is 11.6 Å². The number of hydrogen-bond donors (Lipinski definition) is 0. The first-order chi connectivity index (χ1) is 4.74. The van der Waals surface area contributed by atoms with E-state index in [1.807, 2.05) is 0 Å². The van der Waals surface area contributed by atoms with Crippen LogP contribution < -0.4 is 0 Å². The van der Waals surface area contributed by atoms with Gasteiger partial charge in [0.25, 0.3) is 0 Å². The molecule has 3 nitrogen and oxygen atoms in total. The van der Waals surface area contributed by atoms with E-state index in [4.69, 9.17) is 5.26 Å². The molecule has 0 atom stereocenters. The lowest BCUT2D eigenvalue weighted by Crippen LogP contribution is -2.05. The third-order valence-electron chi connectivity index (χ3n) is 1.01. The topological polar surface area (TPSA) is 57.9 Å². The highest BCUT2D eigenvalue weighted by Gasteiger charge is 2.11. The van der Waals surface area contributed by atoms with Gasteiger partial charge < -0.3 is 0 Å². The molecule has 0 fully saturated rings. The van der Waals surface area contributed by atoms with Crippen molar-refractivity contribution in [2.45, 2.75) is 0 Å². The van der Waals surface area contributed by atoms with Crippen LogP contribution in [0, 0.1) is 17.4 Å². The zero-order valence-corrected chi connectivity index (χ0v) is 4.92. The normalized spacial score (nSPS) is 16.5. The van der Waals surface area contributed by atoms with Crippen LogP contribution in [0.25, 0.3) is 0 Å². The molecule has 0 unspecified atom stereocenters. The fraction of sp³-hybridized carbons (Fsp3) is 0. The van der Waals surface area contributed by atoms with Gasteiger partial charge in [-0.2, -0.15) is 5.26 Å². The van der Waals surface area contributed by atoms with Crippen LogP contribution in [0.3, 0.4) is 0 Å². The lowest BCUT2D eigenvalue weighted by Gasteiger charge is -1.93. The zero-order chi connectivity index (χ0) is 7.56. The highest BCUT2D eigenvalue weighted by Crippen LogP contribution is 2.01. The number of allylic oxidation sites excluding steroid dienone is 4. The monoisotopic (exact) mass is 132 g/mol. The third kappa shape index (κ3) is 1.00. The second-order valence-corrected chi connectivity index (χ2v) is 1.69. The summed E-state index contributed by atoms with van der Waals surface area (Å²) in [5.74, 6) is -0.891. The van der Waals surface area contributed by atoms with Crippen LogP contribution in [-0.2, 0) is 9.59 Å². The number of ketones is 2. The molecular formula is C7H2NO2. The molecule has 0 aromatic heterocycles. The molecule has 0 bridgehead atoms. The van der Waals surface area contributed by atoms with Crippen molar-refractivity contribution in [2.24, 2.45) is 0 Å². The first-order valence-electron chi connectivity index (χ1n) is 2.54. The minimum absolute atomic E-state index is 0.122. The zero-order valence-electron chi connectivity index (χ0n) is 4.92. The Balaban J connectivity index is 3.03. The Kier molecular flexibility index (Phi) is 1.46. The average Bonchev–Trinajstić information content (AvgIpc) is 1.94. The van der Waals surface area contributed by atoms with E-state index in [-0.39, 0.29) is 5.57 Å². The Morgan fingerprint density at radius 1 is 1.50 bits per heavy atom. The molecule has 47 valence electrons. The molecule has 0 N–H and O–H groups in total. The second kappa shape index (κ2) is 2.28. The molecular weight excluding hydrogens is 130 g/mol. The fourth-order valence-corrected chi connectivity index (χ4v) is 0.546. The number of nitriles is 1. The molecule has 1 aliphatic carbocycles. The van der Waals surface area contributed by atoms with Gasteiger partial charge in [-0.05, 0) is 6.08 Å². The maximum Gasteiger partial charge on any atom is 0.197 e. The molecule has 0 spiro atoms. The van der Waals surface area contributed by atoms with Gasteiger partial charge in [-0.3, -0.25) is 9.59 Å². The van der Waals surface area contributed by atoms with Crippen LogP contribution >= 0.6 is 0 Å². The summed E-state index contributed by atoms with van der Waals surface area (Å²) in [6.45, 7) is 0. The van der Waals surface area contributed by atoms with E-state index in [0.29, 0.717) is 0 Å². The first-order valence-corrected chi connectivity index (χ1v) is 2.54. The molecule has 1 radical (unpaired) electrons. The Morgan fingerprint density at radius 2 is 2.20 bits per heavy atom. The number of nitrogens with zero attached hydrogens (tertiary/aromatic N) is 1. The van der Waals surface area contributed by atoms with E-state index in [9.17, 15) is 9.59 Å². The summed E-state index contributed by atoms with van der Waals surface area (Å²) in [6.07, 6.45) is 4.10. The maximum absolute atomic E-state index is 10.6. The van der Waals surface area contributed by atoms with E-state index >= 15 is 0 Å². The number of hydrogen-bond acceptors (Lipinski definition) is 3. The van der Waals surface area contributed by atoms with Crippen molar-refractivity contribution >= 4 is 11.6 Å². The lowest BCUT2D eigenvalue weighted by molar-refractivity contribution is -0.114. The van der Waals surface area contributed by atoms with Gasteiger partial charge in [-0.15, -0.1) is 0 Å². The standard InChI is InChI=1S/C7H2NO2/c8-4-5-3-6(9)1-2-7(5)10/h2-3H. The maximum atomic E-state index is 10.6. The van der Waals surface area contributed by atoms with Crippen molar-refractivity contribution in [1.82, 2.24) is 0 Å². The van der Waals surface area contributed by atoms with Gasteiger partial charge in [0.15, 0.2) is 11.6 Å². The number of carbonyl (C=O) groups is 2. The summed E-state index contributed by atoms with van der Waals surface area (Å²) in [7, 11) is 0. The van der Waals surface area contributed by atoms with Gasteiger partial charge in [-0.25, -0.2) is 0 Å². The molecule has 10 heavy (non-hydrogen) atoms. The highest BCUT2D eigenvalue weighted by atomic mass is 16.1. The largest absolute Gasteiger partial charge is 0.289 e. The summed E-state index contributed by atoms with van der Waals surface area (Å²) < 4.78 is 0. The predicted octanol–water partition coefficient (Wildman–Crippen LogP) is -0.0524. The second-order valence-electron chi connectivity index (χ2n) is 1.69. The molecule has 0 aromatic carbocycles. The quantitative estimate of drug-likeness (QED) is 0.434.